The number of allylic oxidation sites excluding steroid dienone is 15. The summed E-state index contributed by atoms with van der Waals surface area (Å²) in [5.74, 6) is 4.76. The SMILES string of the molecule is COc1ccc(CC(CCC2=CC=C(CC(CC3C=CC=CC3)C3C=CC(Oc4ccc(C(C(C)=O)C5=CC=C(C)CC5)cc4)=CC3)CC2)c2ccccc2)cc1. The van der Waals surface area contributed by atoms with Crippen LogP contribution < -0.4 is 9.47 Å². The Bertz CT molecular complexity index is 2070. The van der Waals surface area contributed by atoms with Gasteiger partial charge in [0.15, 0.2) is 0 Å². The van der Waals surface area contributed by atoms with E-state index in [0.29, 0.717) is 23.7 Å². The first-order chi connectivity index (χ1) is 27.9. The molecular formula is C54H60O3. The molecule has 0 saturated heterocycles. The number of ketones is 1. The van der Waals surface area contributed by atoms with Gasteiger partial charge in [-0.05, 0) is 161 Å². The Kier molecular flexibility index (Phi) is 13.9. The third-order valence-corrected chi connectivity index (χ3v) is 12.6. The minimum atomic E-state index is -0.187. The normalized spacial score (nSPS) is 20.6. The van der Waals surface area contributed by atoms with E-state index in [9.17, 15) is 4.79 Å². The van der Waals surface area contributed by atoms with E-state index in [2.05, 4.69) is 140 Å². The summed E-state index contributed by atoms with van der Waals surface area (Å²) >= 11 is 0. The lowest BCUT2D eigenvalue weighted by atomic mass is 9.75. The molecule has 0 fully saturated rings. The van der Waals surface area contributed by atoms with Gasteiger partial charge in [-0.15, -0.1) is 0 Å². The fourth-order valence-corrected chi connectivity index (χ4v) is 9.18. The first-order valence-electron chi connectivity index (χ1n) is 21.3. The number of hydrogen-bond donors (Lipinski definition) is 0. The number of ether oxygens (including phenoxy) is 2. The second-order valence-corrected chi connectivity index (χ2v) is 16.7. The van der Waals surface area contributed by atoms with Gasteiger partial charge < -0.3 is 9.47 Å². The molecule has 0 bridgehead atoms. The third kappa shape index (κ3) is 11.3. The van der Waals surface area contributed by atoms with E-state index >= 15 is 0 Å². The maximum atomic E-state index is 12.7. The number of rotatable bonds is 17. The summed E-state index contributed by atoms with van der Waals surface area (Å²) < 4.78 is 11.8. The molecular weight excluding hydrogens is 697 g/mol. The van der Waals surface area contributed by atoms with Gasteiger partial charge in [-0.3, -0.25) is 4.79 Å². The monoisotopic (exact) mass is 756 g/mol. The van der Waals surface area contributed by atoms with Crippen molar-refractivity contribution >= 4 is 5.78 Å². The molecule has 0 amide bonds. The molecule has 0 saturated carbocycles. The molecule has 294 valence electrons. The largest absolute Gasteiger partial charge is 0.497 e. The maximum absolute atomic E-state index is 12.7. The zero-order chi connectivity index (χ0) is 39.4. The molecule has 0 aromatic heterocycles. The van der Waals surface area contributed by atoms with Crippen molar-refractivity contribution in [1.82, 2.24) is 0 Å². The van der Waals surface area contributed by atoms with Crippen LogP contribution in [-0.4, -0.2) is 12.9 Å². The highest BCUT2D eigenvalue weighted by atomic mass is 16.5. The van der Waals surface area contributed by atoms with Gasteiger partial charge in [0.2, 0.25) is 0 Å². The molecule has 3 nitrogen and oxygen atoms in total. The molecule has 5 unspecified atom stereocenters. The number of carbonyl (C=O) groups excluding carboxylic acids is 1. The molecule has 0 N–H and O–H groups in total. The summed E-state index contributed by atoms with van der Waals surface area (Å²) in [6.07, 6.45) is 37.3. The van der Waals surface area contributed by atoms with Crippen molar-refractivity contribution < 1.29 is 14.3 Å². The van der Waals surface area contributed by atoms with Crippen molar-refractivity contribution in [2.75, 3.05) is 7.11 Å². The summed E-state index contributed by atoms with van der Waals surface area (Å²) in [6.45, 7) is 3.86. The molecule has 4 aliphatic carbocycles. The molecule has 0 heterocycles. The van der Waals surface area contributed by atoms with Gasteiger partial charge in [0.05, 0.1) is 13.0 Å². The molecule has 3 heteroatoms. The van der Waals surface area contributed by atoms with E-state index in [0.717, 1.165) is 87.0 Å². The van der Waals surface area contributed by atoms with Crippen LogP contribution in [0.25, 0.3) is 0 Å². The van der Waals surface area contributed by atoms with Gasteiger partial charge in [0.25, 0.3) is 0 Å². The predicted molar refractivity (Wildman–Crippen MR) is 237 cm³/mol. The van der Waals surface area contributed by atoms with Crippen molar-refractivity contribution in [1.29, 1.82) is 0 Å². The summed E-state index contributed by atoms with van der Waals surface area (Å²) in [4.78, 5) is 12.7. The lowest BCUT2D eigenvalue weighted by Gasteiger charge is -2.31. The molecule has 57 heavy (non-hydrogen) atoms. The summed E-state index contributed by atoms with van der Waals surface area (Å²) in [7, 11) is 1.73. The Morgan fingerprint density at radius 3 is 2.18 bits per heavy atom. The highest BCUT2D eigenvalue weighted by molar-refractivity contribution is 5.87. The number of carbonyl (C=O) groups is 1. The molecule has 0 aliphatic heterocycles. The first kappa shape index (κ1) is 40.1. The Balaban J connectivity index is 0.972. The topological polar surface area (TPSA) is 35.5 Å². The van der Waals surface area contributed by atoms with Crippen molar-refractivity contribution in [3.05, 3.63) is 190 Å². The van der Waals surface area contributed by atoms with Crippen molar-refractivity contribution in [3.63, 3.8) is 0 Å². The minimum absolute atomic E-state index is 0.187. The average Bonchev–Trinajstić information content (AvgIpc) is 3.25. The number of methoxy groups -OCH3 is 1. The predicted octanol–water partition coefficient (Wildman–Crippen LogP) is 13.9. The van der Waals surface area contributed by atoms with E-state index in [4.69, 9.17) is 9.47 Å². The van der Waals surface area contributed by atoms with E-state index in [1.54, 1.807) is 25.2 Å². The van der Waals surface area contributed by atoms with Gasteiger partial charge in [0.1, 0.15) is 23.0 Å². The smallest absolute Gasteiger partial charge is 0.141 e. The average molecular weight is 757 g/mol. The van der Waals surface area contributed by atoms with Gasteiger partial charge in [0, 0.05) is 0 Å². The van der Waals surface area contributed by atoms with Crippen LogP contribution >= 0.6 is 0 Å². The summed E-state index contributed by atoms with van der Waals surface area (Å²) in [5, 5.41) is 0. The Labute approximate surface area is 342 Å². The minimum Gasteiger partial charge on any atom is -0.497 e. The number of hydrogen-bond acceptors (Lipinski definition) is 3. The standard InChI is InChI=1S/C54H60O3/c1-39-14-23-47(24-15-39)54(40(2)55)48-28-34-53(35-29-48)57-52-32-26-46(27-33-52)50(37-42-10-6-4-7-11-42)38-43-18-16-41(17-19-43)20-25-49(45-12-8-5-9-13-45)36-44-21-30-51(56-3)31-22-44/h4-10,12-14,16,18,21-23,26,28-35,42,46,49-50,54H,11,15,17,19-20,24-25,27,36-38H2,1-3H3. The molecule has 4 aliphatic rings. The molecule has 3 aromatic carbocycles. The van der Waals surface area contributed by atoms with Crippen LogP contribution in [0.4, 0.5) is 0 Å². The van der Waals surface area contributed by atoms with Crippen LogP contribution in [0.1, 0.15) is 107 Å². The Morgan fingerprint density at radius 1 is 0.754 bits per heavy atom. The summed E-state index contributed by atoms with van der Waals surface area (Å²) in [5.41, 5.74) is 9.57. The fourth-order valence-electron chi connectivity index (χ4n) is 9.18. The Morgan fingerprint density at radius 2 is 1.53 bits per heavy atom. The molecule has 3 aromatic rings. The highest BCUT2D eigenvalue weighted by Crippen LogP contribution is 2.39. The van der Waals surface area contributed by atoms with E-state index < -0.39 is 0 Å². The van der Waals surface area contributed by atoms with Crippen LogP contribution in [0.3, 0.4) is 0 Å². The maximum Gasteiger partial charge on any atom is 0.141 e. The first-order valence-corrected chi connectivity index (χ1v) is 21.3. The van der Waals surface area contributed by atoms with Gasteiger partial charge >= 0.3 is 0 Å². The van der Waals surface area contributed by atoms with E-state index in [-0.39, 0.29) is 11.7 Å². The van der Waals surface area contributed by atoms with Crippen LogP contribution in [0.15, 0.2) is 174 Å². The molecule has 0 spiro atoms. The quantitative estimate of drug-likeness (QED) is 0.138. The second kappa shape index (κ2) is 19.8. The zero-order valence-electron chi connectivity index (χ0n) is 34.2. The molecule has 5 atom stereocenters. The van der Waals surface area contributed by atoms with Gasteiger partial charge in [-0.2, -0.15) is 0 Å². The number of Topliss-reactive ketones (excluding diaryl/α,β-unsaturated/α-hetero) is 1. The number of benzene rings is 3. The zero-order valence-corrected chi connectivity index (χ0v) is 34.2. The lowest BCUT2D eigenvalue weighted by molar-refractivity contribution is -0.117. The van der Waals surface area contributed by atoms with Crippen LogP contribution in [0.5, 0.6) is 11.5 Å². The lowest BCUT2D eigenvalue weighted by Crippen LogP contribution is -2.19. The van der Waals surface area contributed by atoms with Crippen LogP contribution in [0.2, 0.25) is 0 Å². The van der Waals surface area contributed by atoms with Crippen LogP contribution in [0, 0.1) is 17.8 Å². The van der Waals surface area contributed by atoms with Gasteiger partial charge in [-0.25, -0.2) is 0 Å². The second-order valence-electron chi connectivity index (χ2n) is 16.7. The van der Waals surface area contributed by atoms with Crippen molar-refractivity contribution in [2.24, 2.45) is 17.8 Å². The molecule has 0 radical (unpaired) electrons. The summed E-state index contributed by atoms with van der Waals surface area (Å²) in [6, 6.07) is 27.8. The Hall–Kier alpha value is -5.15. The van der Waals surface area contributed by atoms with Crippen LogP contribution in [-0.2, 0) is 11.2 Å². The van der Waals surface area contributed by atoms with E-state index in [1.165, 1.54) is 28.7 Å². The van der Waals surface area contributed by atoms with Crippen molar-refractivity contribution in [2.45, 2.75) is 96.3 Å². The highest BCUT2D eigenvalue weighted by Gasteiger charge is 2.26. The fraction of sp³-hybridized carbons (Fsp3) is 0.352. The van der Waals surface area contributed by atoms with E-state index in [1.807, 2.05) is 12.1 Å². The van der Waals surface area contributed by atoms with Gasteiger partial charge in [-0.1, -0.05) is 132 Å². The van der Waals surface area contributed by atoms with Crippen molar-refractivity contribution in [3.8, 4) is 11.5 Å². The molecule has 7 rings (SSSR count). The third-order valence-electron chi connectivity index (χ3n) is 12.6.